The Hall–Kier alpha value is -1.89. The van der Waals surface area contributed by atoms with Gasteiger partial charge in [-0.15, -0.1) is 0 Å². The second-order valence-corrected chi connectivity index (χ2v) is 5.92. The lowest BCUT2D eigenvalue weighted by molar-refractivity contribution is -0.151. The maximum absolute atomic E-state index is 12.6. The van der Waals surface area contributed by atoms with Gasteiger partial charge in [0.1, 0.15) is 12.6 Å². The number of amides is 1. The van der Waals surface area contributed by atoms with Crippen LogP contribution in [-0.2, 0) is 14.3 Å². The van der Waals surface area contributed by atoms with E-state index in [1.165, 1.54) is 11.9 Å². The van der Waals surface area contributed by atoms with Crippen molar-refractivity contribution in [2.75, 3.05) is 20.2 Å². The number of carboxylic acids is 1. The summed E-state index contributed by atoms with van der Waals surface area (Å²) >= 11 is 0. The quantitative estimate of drug-likeness (QED) is 0.890. The molecule has 7 heteroatoms. The second-order valence-electron chi connectivity index (χ2n) is 5.92. The van der Waals surface area contributed by atoms with Gasteiger partial charge in [0.2, 0.25) is 5.91 Å². The van der Waals surface area contributed by atoms with Gasteiger partial charge in [-0.25, -0.2) is 0 Å². The molecular formula is C15H23N3O4. The fraction of sp³-hybridized carbons (Fsp3) is 0.667. The van der Waals surface area contributed by atoms with Crippen molar-refractivity contribution in [1.82, 2.24) is 14.7 Å². The molecular weight excluding hydrogens is 286 g/mol. The van der Waals surface area contributed by atoms with Crippen LogP contribution >= 0.6 is 0 Å². The van der Waals surface area contributed by atoms with Crippen LogP contribution in [-0.4, -0.2) is 51.9 Å². The van der Waals surface area contributed by atoms with Gasteiger partial charge in [-0.2, -0.15) is 5.10 Å². The average Bonchev–Trinajstić information content (AvgIpc) is 2.95. The van der Waals surface area contributed by atoms with Crippen molar-refractivity contribution in [1.29, 1.82) is 0 Å². The summed E-state index contributed by atoms with van der Waals surface area (Å²) in [6.45, 7) is 4.34. The van der Waals surface area contributed by atoms with Crippen molar-refractivity contribution in [3.05, 3.63) is 18.0 Å². The zero-order chi connectivity index (χ0) is 16.3. The molecule has 0 aliphatic carbocycles. The Balaban J connectivity index is 2.23. The van der Waals surface area contributed by atoms with E-state index in [0.717, 1.165) is 12.1 Å². The molecule has 0 spiro atoms. The summed E-state index contributed by atoms with van der Waals surface area (Å²) in [5, 5.41) is 13.2. The monoisotopic (exact) mass is 309 g/mol. The largest absolute Gasteiger partial charge is 0.480 e. The predicted molar refractivity (Wildman–Crippen MR) is 79.3 cm³/mol. The first-order valence-corrected chi connectivity index (χ1v) is 7.53. The molecule has 2 atom stereocenters. The summed E-state index contributed by atoms with van der Waals surface area (Å²) < 4.78 is 7.70. The van der Waals surface area contributed by atoms with Crippen LogP contribution < -0.4 is 0 Å². The van der Waals surface area contributed by atoms with E-state index >= 15 is 0 Å². The number of aliphatic carboxylic acids is 1. The van der Waals surface area contributed by atoms with Crippen LogP contribution in [0, 0.1) is 5.92 Å². The molecule has 0 aromatic carbocycles. The number of hydrogen-bond acceptors (Lipinski definition) is 4. The normalized spacial score (nSPS) is 21.8. The minimum Gasteiger partial charge on any atom is -0.480 e. The third-order valence-corrected chi connectivity index (χ3v) is 3.87. The first kappa shape index (κ1) is 16.5. The van der Waals surface area contributed by atoms with E-state index in [1.807, 2.05) is 24.6 Å². The standard InChI is InChI=1S/C15H23N3O4/c1-10(2)18-12(6-7-16-18)14-11(5-4-8-22-14)15(21)17(3)9-13(19)20/h6-7,10-11,14H,4-5,8-9H2,1-3H3,(H,19,20)/t11-,14-/m1/s1. The molecule has 0 bridgehead atoms. The van der Waals surface area contributed by atoms with Crippen LogP contribution in [0.3, 0.4) is 0 Å². The fourth-order valence-electron chi connectivity index (χ4n) is 2.87. The molecule has 1 aromatic rings. The number of rotatable bonds is 5. The molecule has 1 amide bonds. The van der Waals surface area contributed by atoms with E-state index in [4.69, 9.17) is 9.84 Å². The summed E-state index contributed by atoms with van der Waals surface area (Å²) in [6, 6.07) is 2.04. The van der Waals surface area contributed by atoms with Gasteiger partial charge in [0.15, 0.2) is 0 Å². The third-order valence-electron chi connectivity index (χ3n) is 3.87. The highest BCUT2D eigenvalue weighted by Gasteiger charge is 2.37. The summed E-state index contributed by atoms with van der Waals surface area (Å²) in [6.07, 6.45) is 2.82. The Morgan fingerprint density at radius 1 is 1.55 bits per heavy atom. The lowest BCUT2D eigenvalue weighted by atomic mass is 9.90. The highest BCUT2D eigenvalue weighted by Crippen LogP contribution is 2.35. The van der Waals surface area contributed by atoms with Gasteiger partial charge in [-0.3, -0.25) is 14.3 Å². The van der Waals surface area contributed by atoms with Crippen molar-refractivity contribution in [2.24, 2.45) is 5.92 Å². The van der Waals surface area contributed by atoms with Gasteiger partial charge in [-0.05, 0) is 32.8 Å². The molecule has 122 valence electrons. The first-order valence-electron chi connectivity index (χ1n) is 7.53. The van der Waals surface area contributed by atoms with Crippen LogP contribution in [0.1, 0.15) is 44.5 Å². The van der Waals surface area contributed by atoms with Crippen molar-refractivity contribution >= 4 is 11.9 Å². The van der Waals surface area contributed by atoms with Crippen LogP contribution in [0.2, 0.25) is 0 Å². The maximum atomic E-state index is 12.6. The number of carbonyl (C=O) groups excluding carboxylic acids is 1. The lowest BCUT2D eigenvalue weighted by Gasteiger charge is -2.33. The molecule has 0 unspecified atom stereocenters. The predicted octanol–water partition coefficient (Wildman–Crippen LogP) is 1.47. The molecule has 1 aromatic heterocycles. The van der Waals surface area contributed by atoms with Gasteiger partial charge in [0.25, 0.3) is 0 Å². The smallest absolute Gasteiger partial charge is 0.323 e. The zero-order valence-electron chi connectivity index (χ0n) is 13.2. The Morgan fingerprint density at radius 3 is 2.91 bits per heavy atom. The summed E-state index contributed by atoms with van der Waals surface area (Å²) in [5.74, 6) is -1.58. The summed E-state index contributed by atoms with van der Waals surface area (Å²) in [7, 11) is 1.52. The number of nitrogens with zero attached hydrogens (tertiary/aromatic N) is 3. The molecule has 2 heterocycles. The molecule has 1 aliphatic rings. The second kappa shape index (κ2) is 6.91. The molecule has 0 saturated carbocycles. The van der Waals surface area contributed by atoms with Gasteiger partial charge >= 0.3 is 5.97 Å². The van der Waals surface area contributed by atoms with Gasteiger partial charge in [0.05, 0.1) is 11.6 Å². The van der Waals surface area contributed by atoms with E-state index in [0.29, 0.717) is 13.0 Å². The average molecular weight is 309 g/mol. The van der Waals surface area contributed by atoms with Crippen LogP contribution in [0.4, 0.5) is 0 Å². The van der Waals surface area contributed by atoms with Crippen molar-refractivity contribution in [3.8, 4) is 0 Å². The number of carbonyl (C=O) groups is 2. The minimum absolute atomic E-state index is 0.169. The molecule has 1 fully saturated rings. The number of aromatic nitrogens is 2. The third kappa shape index (κ3) is 3.47. The number of ether oxygens (including phenoxy) is 1. The molecule has 22 heavy (non-hydrogen) atoms. The highest BCUT2D eigenvalue weighted by atomic mass is 16.5. The van der Waals surface area contributed by atoms with Gasteiger partial charge < -0.3 is 14.7 Å². The molecule has 1 N–H and O–H groups in total. The molecule has 1 saturated heterocycles. The van der Waals surface area contributed by atoms with Crippen LogP contribution in [0.15, 0.2) is 12.3 Å². The molecule has 1 aliphatic heterocycles. The fourth-order valence-corrected chi connectivity index (χ4v) is 2.87. The first-order chi connectivity index (χ1) is 10.4. The van der Waals surface area contributed by atoms with E-state index in [9.17, 15) is 9.59 Å². The van der Waals surface area contributed by atoms with Crippen molar-refractivity contribution in [3.63, 3.8) is 0 Å². The Labute approximate surface area is 129 Å². The summed E-state index contributed by atoms with van der Waals surface area (Å²) in [4.78, 5) is 24.6. The van der Waals surface area contributed by atoms with Crippen molar-refractivity contribution in [2.45, 2.75) is 38.8 Å². The highest BCUT2D eigenvalue weighted by molar-refractivity contribution is 5.83. The Kier molecular flexibility index (Phi) is 5.18. The lowest BCUT2D eigenvalue weighted by Crippen LogP contribution is -2.41. The van der Waals surface area contributed by atoms with Crippen molar-refractivity contribution < 1.29 is 19.4 Å². The summed E-state index contributed by atoms with van der Waals surface area (Å²) in [5.41, 5.74) is 0.872. The van der Waals surface area contributed by atoms with E-state index in [-0.39, 0.29) is 30.5 Å². The van der Waals surface area contributed by atoms with Crippen LogP contribution in [0.25, 0.3) is 0 Å². The topological polar surface area (TPSA) is 84.7 Å². The Morgan fingerprint density at radius 2 is 2.27 bits per heavy atom. The number of hydrogen-bond donors (Lipinski definition) is 1. The van der Waals surface area contributed by atoms with E-state index in [1.54, 1.807) is 6.20 Å². The molecule has 0 radical (unpaired) electrons. The number of likely N-dealkylation sites (N-methyl/N-ethyl adjacent to an activating group) is 1. The minimum atomic E-state index is -1.02. The van der Waals surface area contributed by atoms with Gasteiger partial charge in [-0.1, -0.05) is 0 Å². The molecule has 2 rings (SSSR count). The van der Waals surface area contributed by atoms with E-state index in [2.05, 4.69) is 5.10 Å². The maximum Gasteiger partial charge on any atom is 0.323 e. The van der Waals surface area contributed by atoms with Gasteiger partial charge in [0, 0.05) is 25.9 Å². The molecule has 7 nitrogen and oxygen atoms in total. The van der Waals surface area contributed by atoms with E-state index < -0.39 is 5.97 Å². The zero-order valence-corrected chi connectivity index (χ0v) is 13.2. The SMILES string of the molecule is CC(C)n1nccc1[C@@H]1OCCC[C@H]1C(=O)N(C)CC(=O)O. The Bertz CT molecular complexity index is 541. The van der Waals surface area contributed by atoms with Crippen LogP contribution in [0.5, 0.6) is 0 Å². The number of carboxylic acid groups (broad SMARTS) is 1.